The summed E-state index contributed by atoms with van der Waals surface area (Å²) in [4.78, 5) is 20.5. The van der Waals surface area contributed by atoms with Gasteiger partial charge in [0.1, 0.15) is 0 Å². The van der Waals surface area contributed by atoms with E-state index in [0.717, 1.165) is 50.4 Å². The second-order valence-electron chi connectivity index (χ2n) is 7.32. The molecular formula is C21H35N5O3. The Kier molecular flexibility index (Phi) is 9.05. The van der Waals surface area contributed by atoms with Crippen molar-refractivity contribution in [1.29, 1.82) is 0 Å². The van der Waals surface area contributed by atoms with Gasteiger partial charge in [0.05, 0.1) is 20.3 Å². The number of carbonyl (C=O) groups excluding carboxylic acids is 1. The van der Waals surface area contributed by atoms with E-state index in [0.29, 0.717) is 18.0 Å². The lowest BCUT2D eigenvalue weighted by Gasteiger charge is -2.26. The number of carbonyl (C=O) groups is 1. The molecule has 0 saturated carbocycles. The molecule has 1 aliphatic rings. The van der Waals surface area contributed by atoms with Gasteiger partial charge in [0.25, 0.3) is 0 Å². The molecule has 1 unspecified atom stereocenters. The summed E-state index contributed by atoms with van der Waals surface area (Å²) in [6.07, 6.45) is 3.00. The number of guanidine groups is 1. The molecule has 0 spiro atoms. The highest BCUT2D eigenvalue weighted by Crippen LogP contribution is 2.27. The number of aliphatic imine (C=N–C) groups is 1. The summed E-state index contributed by atoms with van der Waals surface area (Å²) in [5, 5.41) is 6.66. The van der Waals surface area contributed by atoms with E-state index in [1.165, 1.54) is 0 Å². The molecule has 0 radical (unpaired) electrons. The first-order valence-electron chi connectivity index (χ1n) is 10.1. The molecular weight excluding hydrogens is 370 g/mol. The molecule has 1 aromatic rings. The molecule has 1 amide bonds. The van der Waals surface area contributed by atoms with Crippen molar-refractivity contribution in [3.63, 3.8) is 0 Å². The number of amides is 1. The number of benzene rings is 1. The number of nitrogens with zero attached hydrogens (tertiary/aromatic N) is 3. The minimum absolute atomic E-state index is 0.0347. The Bertz CT molecular complexity index is 693. The quantitative estimate of drug-likeness (QED) is 0.366. The Morgan fingerprint density at radius 2 is 2.00 bits per heavy atom. The van der Waals surface area contributed by atoms with Crippen LogP contribution in [-0.2, 0) is 11.3 Å². The molecule has 1 aliphatic heterocycles. The monoisotopic (exact) mass is 405 g/mol. The van der Waals surface area contributed by atoms with Crippen molar-refractivity contribution < 1.29 is 14.3 Å². The lowest BCUT2D eigenvalue weighted by atomic mass is 10.2. The molecule has 0 aliphatic carbocycles. The maximum Gasteiger partial charge on any atom is 0.239 e. The van der Waals surface area contributed by atoms with Gasteiger partial charge in [0, 0.05) is 40.8 Å². The largest absolute Gasteiger partial charge is 0.493 e. The first-order chi connectivity index (χ1) is 14.0. The third kappa shape index (κ3) is 6.52. The van der Waals surface area contributed by atoms with Crippen molar-refractivity contribution in [2.75, 3.05) is 55.0 Å². The highest BCUT2D eigenvalue weighted by Gasteiger charge is 2.30. The fraction of sp³-hybridized carbons (Fsp3) is 0.619. The standard InChI is InChI=1S/C21H35N5O3/c1-22-21(24-15-16-9-10-18(28-4)19(14-16)29-5)23-11-7-13-26-12-6-8-17(26)20(27)25(2)3/h9-10,14,17H,6-8,11-13,15H2,1-5H3,(H2,22,23,24). The zero-order valence-electron chi connectivity index (χ0n) is 18.3. The van der Waals surface area contributed by atoms with Gasteiger partial charge >= 0.3 is 0 Å². The van der Waals surface area contributed by atoms with Crippen molar-refractivity contribution in [2.45, 2.75) is 31.8 Å². The lowest BCUT2D eigenvalue weighted by molar-refractivity contribution is -0.133. The van der Waals surface area contributed by atoms with Gasteiger partial charge in [-0.2, -0.15) is 0 Å². The second kappa shape index (κ2) is 11.5. The molecule has 1 fully saturated rings. The summed E-state index contributed by atoms with van der Waals surface area (Å²) in [5.74, 6) is 2.39. The number of ether oxygens (including phenoxy) is 2. The van der Waals surface area contributed by atoms with Crippen LogP contribution in [0, 0.1) is 0 Å². The van der Waals surface area contributed by atoms with Crippen LogP contribution in [-0.4, -0.2) is 82.7 Å². The molecule has 8 nitrogen and oxygen atoms in total. The average Bonchev–Trinajstić information content (AvgIpc) is 3.20. The van der Waals surface area contributed by atoms with Crippen molar-refractivity contribution >= 4 is 11.9 Å². The minimum Gasteiger partial charge on any atom is -0.493 e. The highest BCUT2D eigenvalue weighted by atomic mass is 16.5. The maximum atomic E-state index is 12.3. The third-order valence-corrected chi connectivity index (χ3v) is 5.14. The SMILES string of the molecule is CN=C(NCCCN1CCCC1C(=O)N(C)C)NCc1ccc(OC)c(OC)c1. The summed E-state index contributed by atoms with van der Waals surface area (Å²) in [5.41, 5.74) is 1.08. The Hall–Kier alpha value is -2.48. The molecule has 162 valence electrons. The lowest BCUT2D eigenvalue weighted by Crippen LogP contribution is -2.44. The van der Waals surface area contributed by atoms with E-state index in [4.69, 9.17) is 9.47 Å². The third-order valence-electron chi connectivity index (χ3n) is 5.14. The molecule has 1 aromatic carbocycles. The van der Waals surface area contributed by atoms with E-state index in [-0.39, 0.29) is 11.9 Å². The van der Waals surface area contributed by atoms with Crippen LogP contribution in [0.25, 0.3) is 0 Å². The van der Waals surface area contributed by atoms with Crippen LogP contribution in [0.4, 0.5) is 0 Å². The fourth-order valence-corrected chi connectivity index (χ4v) is 3.56. The van der Waals surface area contributed by atoms with Crippen molar-refractivity contribution in [1.82, 2.24) is 20.4 Å². The van der Waals surface area contributed by atoms with Crippen LogP contribution in [0.15, 0.2) is 23.2 Å². The van der Waals surface area contributed by atoms with Crippen molar-refractivity contribution in [3.8, 4) is 11.5 Å². The zero-order valence-corrected chi connectivity index (χ0v) is 18.3. The van der Waals surface area contributed by atoms with E-state index in [1.54, 1.807) is 26.2 Å². The number of nitrogens with one attached hydrogen (secondary N) is 2. The first-order valence-corrected chi connectivity index (χ1v) is 10.1. The van der Waals surface area contributed by atoms with Gasteiger partial charge in [0.2, 0.25) is 5.91 Å². The van der Waals surface area contributed by atoms with E-state index in [9.17, 15) is 4.79 Å². The topological polar surface area (TPSA) is 78.4 Å². The second-order valence-corrected chi connectivity index (χ2v) is 7.32. The highest BCUT2D eigenvalue weighted by molar-refractivity contribution is 5.81. The van der Waals surface area contributed by atoms with Gasteiger partial charge in [-0.05, 0) is 43.5 Å². The van der Waals surface area contributed by atoms with E-state index < -0.39 is 0 Å². The molecule has 29 heavy (non-hydrogen) atoms. The molecule has 0 aromatic heterocycles. The normalized spacial score (nSPS) is 17.1. The number of likely N-dealkylation sites (N-methyl/N-ethyl adjacent to an activating group) is 1. The van der Waals surface area contributed by atoms with Crippen LogP contribution in [0.1, 0.15) is 24.8 Å². The number of methoxy groups -OCH3 is 2. The van der Waals surface area contributed by atoms with Gasteiger partial charge in [-0.15, -0.1) is 0 Å². The average molecular weight is 406 g/mol. The van der Waals surface area contributed by atoms with Crippen LogP contribution in [0.3, 0.4) is 0 Å². The van der Waals surface area contributed by atoms with Crippen LogP contribution in [0.5, 0.6) is 11.5 Å². The number of hydrogen-bond donors (Lipinski definition) is 2. The molecule has 2 rings (SSSR count). The smallest absolute Gasteiger partial charge is 0.239 e. The molecule has 0 bridgehead atoms. The maximum absolute atomic E-state index is 12.3. The van der Waals surface area contributed by atoms with Crippen molar-refractivity contribution in [2.24, 2.45) is 4.99 Å². The predicted molar refractivity (Wildman–Crippen MR) is 116 cm³/mol. The Balaban J connectivity index is 1.75. The van der Waals surface area contributed by atoms with Crippen LogP contribution < -0.4 is 20.1 Å². The van der Waals surface area contributed by atoms with Crippen molar-refractivity contribution in [3.05, 3.63) is 23.8 Å². The molecule has 1 saturated heterocycles. The summed E-state index contributed by atoms with van der Waals surface area (Å²) in [6.45, 7) is 3.33. The van der Waals surface area contributed by atoms with Gasteiger partial charge in [-0.1, -0.05) is 6.07 Å². The van der Waals surface area contributed by atoms with Gasteiger partial charge < -0.3 is 25.0 Å². The predicted octanol–water partition coefficient (Wildman–Crippen LogP) is 1.31. The Morgan fingerprint density at radius 1 is 1.24 bits per heavy atom. The molecule has 2 N–H and O–H groups in total. The van der Waals surface area contributed by atoms with Gasteiger partial charge in [0.15, 0.2) is 17.5 Å². The number of hydrogen-bond acceptors (Lipinski definition) is 5. The Morgan fingerprint density at radius 3 is 2.66 bits per heavy atom. The number of rotatable bonds is 9. The van der Waals surface area contributed by atoms with Crippen LogP contribution in [0.2, 0.25) is 0 Å². The summed E-state index contributed by atoms with van der Waals surface area (Å²) in [7, 11) is 8.67. The molecule has 1 atom stereocenters. The fourth-order valence-electron chi connectivity index (χ4n) is 3.56. The minimum atomic E-state index is 0.0347. The zero-order chi connectivity index (χ0) is 21.2. The Labute approximate surface area is 174 Å². The number of likely N-dealkylation sites (tertiary alicyclic amines) is 1. The van der Waals surface area contributed by atoms with E-state index >= 15 is 0 Å². The molecule has 1 heterocycles. The van der Waals surface area contributed by atoms with Gasteiger partial charge in [-0.3, -0.25) is 14.7 Å². The van der Waals surface area contributed by atoms with E-state index in [1.807, 2.05) is 32.3 Å². The first kappa shape index (κ1) is 22.8. The summed E-state index contributed by atoms with van der Waals surface area (Å²) in [6, 6.07) is 5.88. The van der Waals surface area contributed by atoms with Crippen LogP contribution >= 0.6 is 0 Å². The summed E-state index contributed by atoms with van der Waals surface area (Å²) < 4.78 is 10.6. The summed E-state index contributed by atoms with van der Waals surface area (Å²) >= 11 is 0. The molecule has 8 heteroatoms. The van der Waals surface area contributed by atoms with E-state index in [2.05, 4.69) is 20.5 Å². The van der Waals surface area contributed by atoms with Gasteiger partial charge in [-0.25, -0.2) is 0 Å².